The molecule has 0 radical (unpaired) electrons. The molecule has 32 heavy (non-hydrogen) atoms. The molecule has 1 N–H and O–H groups in total. The zero-order valence-corrected chi connectivity index (χ0v) is 19.4. The summed E-state index contributed by atoms with van der Waals surface area (Å²) in [5, 5.41) is 0. The van der Waals surface area contributed by atoms with Crippen molar-refractivity contribution in [3.8, 4) is 11.1 Å². The highest BCUT2D eigenvalue weighted by Crippen LogP contribution is 2.29. The van der Waals surface area contributed by atoms with Crippen molar-refractivity contribution in [3.05, 3.63) is 47.3 Å². The molecule has 1 amide bonds. The molecule has 1 aliphatic carbocycles. The zero-order chi connectivity index (χ0) is 22.5. The van der Waals surface area contributed by atoms with E-state index in [9.17, 15) is 9.59 Å². The third kappa shape index (κ3) is 5.07. The van der Waals surface area contributed by atoms with Crippen molar-refractivity contribution >= 4 is 11.9 Å². The summed E-state index contributed by atoms with van der Waals surface area (Å²) in [5.41, 5.74) is 3.71. The monoisotopic (exact) mass is 437 g/mol. The quantitative estimate of drug-likeness (QED) is 0.676. The number of rotatable bonds is 6. The van der Waals surface area contributed by atoms with E-state index < -0.39 is 0 Å². The Kier molecular flexibility index (Phi) is 7.30. The molecule has 1 saturated heterocycles. The number of carbonyl (C=O) groups excluding carboxylic acids is 2. The number of esters is 1. The zero-order valence-electron chi connectivity index (χ0n) is 19.4. The number of aromatic amines is 1. The Morgan fingerprint density at radius 3 is 2.56 bits per heavy atom. The van der Waals surface area contributed by atoms with Crippen molar-refractivity contribution in [2.24, 2.45) is 5.92 Å². The lowest BCUT2D eigenvalue weighted by Crippen LogP contribution is -2.49. The van der Waals surface area contributed by atoms with E-state index >= 15 is 0 Å². The SMILES string of the molecule is CCOC(=O)c1c[nH]c(C)c1-c1cccc(C(=O)N2CCN(CC3CCCCC3)CC2)c1. The average molecular weight is 438 g/mol. The second-order valence-electron chi connectivity index (χ2n) is 9.10. The van der Waals surface area contributed by atoms with Crippen LogP contribution in [0.1, 0.15) is 65.4 Å². The fraction of sp³-hybridized carbons (Fsp3) is 0.538. The van der Waals surface area contributed by atoms with E-state index in [-0.39, 0.29) is 11.9 Å². The van der Waals surface area contributed by atoms with E-state index in [1.165, 1.54) is 38.6 Å². The van der Waals surface area contributed by atoms with Crippen molar-refractivity contribution in [2.45, 2.75) is 46.0 Å². The van der Waals surface area contributed by atoms with Gasteiger partial charge in [-0.05, 0) is 50.3 Å². The molecular weight excluding hydrogens is 402 g/mol. The molecule has 0 atom stereocenters. The van der Waals surface area contributed by atoms with Crippen LogP contribution in [0, 0.1) is 12.8 Å². The molecule has 172 valence electrons. The number of aromatic nitrogens is 1. The lowest BCUT2D eigenvalue weighted by molar-refractivity contribution is 0.0527. The standard InChI is InChI=1S/C26H35N3O3/c1-3-32-26(31)23-17-27-19(2)24(23)21-10-7-11-22(16-21)25(30)29-14-12-28(13-15-29)18-20-8-5-4-6-9-20/h7,10-11,16-17,20,27H,3-6,8-9,12-15,18H2,1-2H3. The van der Waals surface area contributed by atoms with E-state index in [0.717, 1.165) is 48.9 Å². The minimum absolute atomic E-state index is 0.0649. The Morgan fingerprint density at radius 1 is 1.09 bits per heavy atom. The largest absolute Gasteiger partial charge is 0.462 e. The average Bonchev–Trinajstić information content (AvgIpc) is 3.21. The summed E-state index contributed by atoms with van der Waals surface area (Å²) < 4.78 is 5.20. The predicted molar refractivity (Wildman–Crippen MR) is 126 cm³/mol. The van der Waals surface area contributed by atoms with Gasteiger partial charge in [0, 0.05) is 55.7 Å². The third-order valence-corrected chi connectivity index (χ3v) is 6.87. The summed E-state index contributed by atoms with van der Waals surface area (Å²) in [5.74, 6) is 0.550. The van der Waals surface area contributed by atoms with E-state index in [1.807, 2.05) is 36.1 Å². The Labute approximate surface area is 190 Å². The number of carbonyl (C=O) groups is 2. The lowest BCUT2D eigenvalue weighted by atomic mass is 9.89. The van der Waals surface area contributed by atoms with Gasteiger partial charge in [0.05, 0.1) is 12.2 Å². The molecule has 0 unspecified atom stereocenters. The molecule has 2 aliphatic rings. The van der Waals surface area contributed by atoms with E-state index in [1.54, 1.807) is 13.1 Å². The molecule has 1 saturated carbocycles. The number of aryl methyl sites for hydroxylation is 1. The Balaban J connectivity index is 1.42. The van der Waals surface area contributed by atoms with Gasteiger partial charge in [0.25, 0.3) is 5.91 Å². The van der Waals surface area contributed by atoms with Gasteiger partial charge in [0.15, 0.2) is 0 Å². The number of H-pyrrole nitrogens is 1. The number of hydrogen-bond acceptors (Lipinski definition) is 4. The number of hydrogen-bond donors (Lipinski definition) is 1. The minimum Gasteiger partial charge on any atom is -0.462 e. The van der Waals surface area contributed by atoms with Gasteiger partial charge in [-0.1, -0.05) is 31.4 Å². The highest BCUT2D eigenvalue weighted by atomic mass is 16.5. The number of benzene rings is 1. The van der Waals surface area contributed by atoms with Crippen molar-refractivity contribution in [1.82, 2.24) is 14.8 Å². The lowest BCUT2D eigenvalue weighted by Gasteiger charge is -2.37. The first-order chi connectivity index (χ1) is 15.6. The number of nitrogens with one attached hydrogen (secondary N) is 1. The highest BCUT2D eigenvalue weighted by Gasteiger charge is 2.25. The Morgan fingerprint density at radius 2 is 1.84 bits per heavy atom. The molecule has 6 heteroatoms. The number of ether oxygens (including phenoxy) is 1. The first-order valence-corrected chi connectivity index (χ1v) is 12.0. The topological polar surface area (TPSA) is 65.6 Å². The fourth-order valence-corrected chi connectivity index (χ4v) is 5.13. The van der Waals surface area contributed by atoms with Crippen LogP contribution in [-0.4, -0.2) is 66.0 Å². The maximum absolute atomic E-state index is 13.2. The van der Waals surface area contributed by atoms with E-state index in [2.05, 4.69) is 9.88 Å². The molecule has 2 aromatic rings. The molecule has 1 aromatic carbocycles. The summed E-state index contributed by atoms with van der Waals surface area (Å²) in [7, 11) is 0. The number of amides is 1. The first-order valence-electron chi connectivity index (χ1n) is 12.0. The van der Waals surface area contributed by atoms with Crippen LogP contribution in [0.3, 0.4) is 0 Å². The van der Waals surface area contributed by atoms with E-state index in [0.29, 0.717) is 17.7 Å². The molecule has 2 heterocycles. The minimum atomic E-state index is -0.349. The van der Waals surface area contributed by atoms with Crippen LogP contribution in [0.4, 0.5) is 0 Å². The van der Waals surface area contributed by atoms with Gasteiger partial charge < -0.3 is 14.6 Å². The van der Waals surface area contributed by atoms with E-state index in [4.69, 9.17) is 4.74 Å². The van der Waals surface area contributed by atoms with Gasteiger partial charge in [-0.3, -0.25) is 9.69 Å². The first kappa shape index (κ1) is 22.6. The maximum atomic E-state index is 13.2. The van der Waals surface area contributed by atoms with Crippen molar-refractivity contribution in [2.75, 3.05) is 39.3 Å². The van der Waals surface area contributed by atoms with Crippen LogP contribution in [0.25, 0.3) is 11.1 Å². The summed E-state index contributed by atoms with van der Waals surface area (Å²) in [6.45, 7) is 8.68. The molecule has 1 aromatic heterocycles. The van der Waals surface area contributed by atoms with Crippen molar-refractivity contribution < 1.29 is 14.3 Å². The summed E-state index contributed by atoms with van der Waals surface area (Å²) in [4.78, 5) is 33.2. The smallest absolute Gasteiger partial charge is 0.340 e. The molecular formula is C26H35N3O3. The molecule has 4 rings (SSSR count). The second kappa shape index (κ2) is 10.3. The number of piperazine rings is 1. The van der Waals surface area contributed by atoms with Crippen molar-refractivity contribution in [1.29, 1.82) is 0 Å². The van der Waals surface area contributed by atoms with Crippen LogP contribution in [0.2, 0.25) is 0 Å². The number of nitrogens with zero attached hydrogens (tertiary/aromatic N) is 2. The molecule has 0 bridgehead atoms. The molecule has 1 aliphatic heterocycles. The van der Waals surface area contributed by atoms with Gasteiger partial charge in [0.1, 0.15) is 0 Å². The van der Waals surface area contributed by atoms with Crippen LogP contribution < -0.4 is 0 Å². The van der Waals surface area contributed by atoms with Crippen LogP contribution >= 0.6 is 0 Å². The van der Waals surface area contributed by atoms with Crippen molar-refractivity contribution in [3.63, 3.8) is 0 Å². The van der Waals surface area contributed by atoms with Gasteiger partial charge in [-0.15, -0.1) is 0 Å². The fourth-order valence-electron chi connectivity index (χ4n) is 5.13. The predicted octanol–water partition coefficient (Wildman–Crippen LogP) is 4.50. The normalized spacial score (nSPS) is 18.0. The van der Waals surface area contributed by atoms with Gasteiger partial charge >= 0.3 is 5.97 Å². The van der Waals surface area contributed by atoms with Gasteiger partial charge in [0.2, 0.25) is 0 Å². The van der Waals surface area contributed by atoms with Crippen LogP contribution in [-0.2, 0) is 4.74 Å². The highest BCUT2D eigenvalue weighted by molar-refractivity contribution is 6.00. The molecule has 0 spiro atoms. The van der Waals surface area contributed by atoms with Gasteiger partial charge in [-0.25, -0.2) is 4.79 Å². The molecule has 6 nitrogen and oxygen atoms in total. The van der Waals surface area contributed by atoms with Crippen LogP contribution in [0.15, 0.2) is 30.5 Å². The van der Waals surface area contributed by atoms with Gasteiger partial charge in [-0.2, -0.15) is 0 Å². The Bertz CT molecular complexity index is 938. The summed E-state index contributed by atoms with van der Waals surface area (Å²) in [6, 6.07) is 7.60. The summed E-state index contributed by atoms with van der Waals surface area (Å²) >= 11 is 0. The second-order valence-corrected chi connectivity index (χ2v) is 9.10. The maximum Gasteiger partial charge on any atom is 0.340 e. The molecule has 2 fully saturated rings. The summed E-state index contributed by atoms with van der Waals surface area (Å²) in [6.07, 6.45) is 8.54. The van der Waals surface area contributed by atoms with Crippen LogP contribution in [0.5, 0.6) is 0 Å². The Hall–Kier alpha value is -2.60. The third-order valence-electron chi connectivity index (χ3n) is 6.87.